The molecule has 206 valence electrons. The van der Waals surface area contributed by atoms with Gasteiger partial charge in [0.1, 0.15) is 6.17 Å². The smallest absolute Gasteiger partial charge is 0.378 e. The van der Waals surface area contributed by atoms with Crippen molar-refractivity contribution in [2.24, 2.45) is 0 Å². The van der Waals surface area contributed by atoms with Crippen LogP contribution in [0.3, 0.4) is 0 Å². The highest BCUT2D eigenvalue weighted by Crippen LogP contribution is 2.43. The third-order valence-corrected chi connectivity index (χ3v) is 7.30. The zero-order valence-electron chi connectivity index (χ0n) is 20.5. The number of alkyl halides is 4. The van der Waals surface area contributed by atoms with Gasteiger partial charge in [0.25, 0.3) is 0 Å². The molecular weight excluding hydrogens is 530 g/mol. The molecule has 5 heterocycles. The van der Waals surface area contributed by atoms with Crippen LogP contribution in [-0.4, -0.2) is 94.5 Å². The number of nitrogens with one attached hydrogen (secondary N) is 2. The van der Waals surface area contributed by atoms with Gasteiger partial charge in [-0.15, -0.1) is 0 Å². The Labute approximate surface area is 219 Å². The van der Waals surface area contributed by atoms with E-state index < -0.39 is 17.7 Å². The first-order valence-electron chi connectivity index (χ1n) is 12.1. The average molecular weight is 558 g/mol. The Kier molecular flexibility index (Phi) is 7.68. The van der Waals surface area contributed by atoms with E-state index in [1.165, 1.54) is 16.7 Å². The molecule has 2 N–H and O–H groups in total. The van der Waals surface area contributed by atoms with E-state index in [1.54, 1.807) is 17.0 Å². The van der Waals surface area contributed by atoms with Gasteiger partial charge in [0, 0.05) is 44.1 Å². The monoisotopic (exact) mass is 557 g/mol. The van der Waals surface area contributed by atoms with Crippen molar-refractivity contribution in [2.45, 2.75) is 35.7 Å². The van der Waals surface area contributed by atoms with E-state index in [0.717, 1.165) is 0 Å². The number of halogens is 4. The number of carbonyl (C=O) groups excluding carboxylic acids is 1. The molecule has 0 aliphatic carbocycles. The predicted molar refractivity (Wildman–Crippen MR) is 132 cm³/mol. The summed E-state index contributed by atoms with van der Waals surface area (Å²) in [6.07, 6.45) is 0.934. The van der Waals surface area contributed by atoms with Crippen LogP contribution in [0.4, 0.5) is 28.0 Å². The SMILES string of the molecule is CN1CC[C@@H](Nc2cccn3c(SC(F)(F)F)c(-c4noc(CNC(=O)N5CCOCC5)n4)cc23)[C@@H](F)C1. The summed E-state index contributed by atoms with van der Waals surface area (Å²) in [5.74, 6) is -0.00514. The Morgan fingerprint density at radius 2 is 2.05 bits per heavy atom. The van der Waals surface area contributed by atoms with E-state index in [0.29, 0.717) is 50.5 Å². The van der Waals surface area contributed by atoms with E-state index >= 15 is 0 Å². The summed E-state index contributed by atoms with van der Waals surface area (Å²) in [4.78, 5) is 20.0. The third-order valence-electron chi connectivity index (χ3n) is 6.46. The number of amides is 2. The zero-order chi connectivity index (χ0) is 26.9. The molecular formula is C23H27F4N7O3S. The number of thioether (sulfide) groups is 1. The van der Waals surface area contributed by atoms with Gasteiger partial charge >= 0.3 is 11.5 Å². The molecule has 3 aromatic rings. The molecule has 0 aromatic carbocycles. The van der Waals surface area contributed by atoms with Gasteiger partial charge in [0.2, 0.25) is 11.7 Å². The van der Waals surface area contributed by atoms with Crippen molar-refractivity contribution in [3.63, 3.8) is 0 Å². The Bertz CT molecular complexity index is 1280. The summed E-state index contributed by atoms with van der Waals surface area (Å²) in [6.45, 7) is 2.69. The van der Waals surface area contributed by atoms with Gasteiger partial charge in [-0.3, -0.25) is 0 Å². The Morgan fingerprint density at radius 3 is 2.79 bits per heavy atom. The molecule has 10 nitrogen and oxygen atoms in total. The second-order valence-electron chi connectivity index (χ2n) is 9.18. The number of morpholine rings is 1. The van der Waals surface area contributed by atoms with Crippen LogP contribution in [0.15, 0.2) is 33.9 Å². The minimum atomic E-state index is -4.58. The van der Waals surface area contributed by atoms with Crippen molar-refractivity contribution in [2.75, 3.05) is 51.8 Å². The molecule has 38 heavy (non-hydrogen) atoms. The molecule has 2 amide bonds. The molecule has 0 unspecified atom stereocenters. The number of fused-ring (bicyclic) bond motifs is 1. The van der Waals surface area contributed by atoms with E-state index in [-0.39, 0.29) is 53.2 Å². The number of nitrogens with zero attached hydrogens (tertiary/aromatic N) is 5. The molecule has 5 rings (SSSR count). The number of pyridine rings is 1. The molecule has 3 aromatic heterocycles. The van der Waals surface area contributed by atoms with Gasteiger partial charge in [-0.1, -0.05) is 5.16 Å². The number of aromatic nitrogens is 3. The lowest BCUT2D eigenvalue weighted by Gasteiger charge is -2.33. The number of hydrogen-bond donors (Lipinski definition) is 2. The quantitative estimate of drug-likeness (QED) is 0.351. The molecule has 2 fully saturated rings. The summed E-state index contributed by atoms with van der Waals surface area (Å²) in [5.41, 5.74) is -3.55. The first-order chi connectivity index (χ1) is 18.2. The van der Waals surface area contributed by atoms with Crippen LogP contribution >= 0.6 is 11.8 Å². The molecule has 2 aliphatic rings. The standard InChI is InChI=1S/C23H27F4N7O3S/c1-32-6-4-16(15(24)13-32)29-17-3-2-5-34-18(17)11-14(21(34)38-23(25,26)27)20-30-19(37-31-20)12-28-22(35)33-7-9-36-10-8-33/h2-3,5,11,15-16,29H,4,6-10,12-13H2,1H3,(H,28,35)/t15-,16+/m0/s1. The maximum Gasteiger partial charge on any atom is 0.447 e. The average Bonchev–Trinajstić information content (AvgIpc) is 3.49. The molecule has 0 radical (unpaired) electrons. The van der Waals surface area contributed by atoms with Crippen molar-refractivity contribution in [3.8, 4) is 11.4 Å². The topological polar surface area (TPSA) is 100 Å². The summed E-state index contributed by atoms with van der Waals surface area (Å²) < 4.78 is 67.2. The zero-order valence-corrected chi connectivity index (χ0v) is 21.3. The third kappa shape index (κ3) is 5.99. The van der Waals surface area contributed by atoms with Crippen LogP contribution < -0.4 is 10.6 Å². The number of ether oxygens (including phenoxy) is 1. The molecule has 2 atom stereocenters. The van der Waals surface area contributed by atoms with Gasteiger partial charge in [0.05, 0.1) is 47.6 Å². The van der Waals surface area contributed by atoms with Crippen molar-refractivity contribution in [1.29, 1.82) is 0 Å². The van der Waals surface area contributed by atoms with E-state index in [9.17, 15) is 22.4 Å². The molecule has 2 saturated heterocycles. The maximum absolute atomic E-state index is 14.7. The number of anilines is 1. The minimum Gasteiger partial charge on any atom is -0.378 e. The van der Waals surface area contributed by atoms with Gasteiger partial charge in [-0.05, 0) is 31.7 Å². The number of piperidine rings is 1. The van der Waals surface area contributed by atoms with Crippen molar-refractivity contribution >= 4 is 29.0 Å². The molecule has 2 aliphatic heterocycles. The van der Waals surface area contributed by atoms with E-state index in [2.05, 4.69) is 20.8 Å². The van der Waals surface area contributed by atoms with E-state index in [4.69, 9.17) is 9.26 Å². The number of hydrogen-bond acceptors (Lipinski definition) is 8. The van der Waals surface area contributed by atoms with E-state index in [1.807, 2.05) is 11.9 Å². The highest BCUT2D eigenvalue weighted by Gasteiger charge is 2.34. The summed E-state index contributed by atoms with van der Waals surface area (Å²) in [5, 5.41) is 9.58. The van der Waals surface area contributed by atoms with Gasteiger partial charge in [-0.2, -0.15) is 18.2 Å². The largest absolute Gasteiger partial charge is 0.447 e. The molecule has 0 bridgehead atoms. The van der Waals surface area contributed by atoms with Gasteiger partial charge < -0.3 is 34.1 Å². The fraction of sp³-hybridized carbons (Fsp3) is 0.522. The number of urea groups is 1. The Balaban J connectivity index is 1.41. The van der Waals surface area contributed by atoms with Crippen LogP contribution in [0, 0.1) is 0 Å². The van der Waals surface area contributed by atoms with Gasteiger partial charge in [0.15, 0.2) is 0 Å². The summed E-state index contributed by atoms with van der Waals surface area (Å²) in [7, 11) is 1.84. The normalized spacial score (nSPS) is 21.1. The highest BCUT2D eigenvalue weighted by atomic mass is 32.2. The van der Waals surface area contributed by atoms with Crippen molar-refractivity contribution in [3.05, 3.63) is 30.3 Å². The lowest BCUT2D eigenvalue weighted by Crippen LogP contribution is -2.46. The van der Waals surface area contributed by atoms with Crippen molar-refractivity contribution < 1.29 is 31.6 Å². The second-order valence-corrected chi connectivity index (χ2v) is 10.2. The molecule has 0 saturated carbocycles. The fourth-order valence-electron chi connectivity index (χ4n) is 4.55. The number of rotatable bonds is 6. The van der Waals surface area contributed by atoms with Crippen LogP contribution in [0.25, 0.3) is 16.9 Å². The molecule has 0 spiro atoms. The van der Waals surface area contributed by atoms with Crippen molar-refractivity contribution in [1.82, 2.24) is 29.7 Å². The fourth-order valence-corrected chi connectivity index (χ4v) is 5.29. The second kappa shape index (κ2) is 11.0. The highest BCUT2D eigenvalue weighted by molar-refractivity contribution is 8.00. The van der Waals surface area contributed by atoms with Crippen LogP contribution in [0.2, 0.25) is 0 Å². The maximum atomic E-state index is 14.7. The first-order valence-corrected chi connectivity index (χ1v) is 12.9. The van der Waals surface area contributed by atoms with Crippen LogP contribution in [0.1, 0.15) is 12.3 Å². The van der Waals surface area contributed by atoms with Gasteiger partial charge in [-0.25, -0.2) is 9.18 Å². The Hall–Kier alpha value is -3.04. The first kappa shape index (κ1) is 26.6. The minimum absolute atomic E-state index is 0.0461. The summed E-state index contributed by atoms with van der Waals surface area (Å²) >= 11 is -0.295. The number of carbonyl (C=O) groups is 1. The molecule has 15 heteroatoms. The lowest BCUT2D eigenvalue weighted by molar-refractivity contribution is -0.0329. The summed E-state index contributed by atoms with van der Waals surface area (Å²) in [6, 6.07) is 4.03. The lowest BCUT2D eigenvalue weighted by atomic mass is 10.0. The Morgan fingerprint density at radius 1 is 1.26 bits per heavy atom. The number of likely N-dealkylation sites (tertiary alicyclic amines) is 1. The predicted octanol–water partition coefficient (Wildman–Crippen LogP) is 3.60. The van der Waals surface area contributed by atoms with Crippen LogP contribution in [0.5, 0.6) is 0 Å². The van der Waals surface area contributed by atoms with Crippen LogP contribution in [-0.2, 0) is 11.3 Å².